The Labute approximate surface area is 86.4 Å². The fraction of sp³-hybridized carbons (Fsp3) is 0.200. The maximum Gasteiger partial charge on any atom is 0.0409 e. The van der Waals surface area contributed by atoms with E-state index in [1.54, 1.807) is 0 Å². The number of hydrogen-bond donors (Lipinski definition) is 0. The highest BCUT2D eigenvalue weighted by Gasteiger charge is 1.93. The summed E-state index contributed by atoms with van der Waals surface area (Å²) in [7, 11) is 0. The lowest BCUT2D eigenvalue weighted by Gasteiger charge is -2.00. The van der Waals surface area contributed by atoms with Gasteiger partial charge in [0, 0.05) is 10.4 Å². The molecular formula is C10H10BrCl. The number of benzene rings is 1. The maximum absolute atomic E-state index is 5.59. The highest BCUT2D eigenvalue weighted by Crippen LogP contribution is 2.17. The zero-order valence-electron chi connectivity index (χ0n) is 6.85. The molecule has 0 unspecified atom stereocenters. The second kappa shape index (κ2) is 4.68. The summed E-state index contributed by atoms with van der Waals surface area (Å²) in [5.74, 6) is 0.571. The predicted molar refractivity (Wildman–Crippen MR) is 58.5 cm³/mol. The summed E-state index contributed by atoms with van der Waals surface area (Å²) in [6, 6.07) is 8.20. The van der Waals surface area contributed by atoms with Gasteiger partial charge in [-0.25, -0.2) is 0 Å². The van der Waals surface area contributed by atoms with Gasteiger partial charge in [-0.2, -0.15) is 0 Å². The van der Waals surface area contributed by atoms with E-state index in [9.17, 15) is 0 Å². The molecule has 0 heterocycles. The molecule has 12 heavy (non-hydrogen) atoms. The smallest absolute Gasteiger partial charge is 0.0409 e. The van der Waals surface area contributed by atoms with E-state index in [1.165, 1.54) is 11.1 Å². The fourth-order valence-corrected chi connectivity index (χ4v) is 1.44. The summed E-state index contributed by atoms with van der Waals surface area (Å²) in [4.78, 5) is 0. The van der Waals surface area contributed by atoms with Gasteiger partial charge in [-0.1, -0.05) is 34.1 Å². The molecule has 0 N–H and O–H groups in total. The average molecular weight is 246 g/mol. The van der Waals surface area contributed by atoms with Crippen LogP contribution in [-0.2, 0) is 0 Å². The van der Waals surface area contributed by atoms with Crippen molar-refractivity contribution in [3.63, 3.8) is 0 Å². The van der Waals surface area contributed by atoms with Gasteiger partial charge in [0.25, 0.3) is 0 Å². The molecule has 64 valence electrons. The zero-order chi connectivity index (χ0) is 8.97. The zero-order valence-corrected chi connectivity index (χ0v) is 9.19. The Morgan fingerprint density at radius 2 is 2.00 bits per heavy atom. The molecule has 0 aromatic heterocycles. The monoisotopic (exact) mass is 244 g/mol. The number of halogens is 2. The van der Waals surface area contributed by atoms with Crippen LogP contribution < -0.4 is 0 Å². The third kappa shape index (κ3) is 2.65. The summed E-state index contributed by atoms with van der Waals surface area (Å²) in [6.07, 6.45) is 2.00. The van der Waals surface area contributed by atoms with Crippen LogP contribution >= 0.6 is 27.5 Å². The summed E-state index contributed by atoms with van der Waals surface area (Å²) in [6.45, 7) is 2.06. The van der Waals surface area contributed by atoms with Crippen LogP contribution in [0.25, 0.3) is 5.57 Å². The third-order valence-corrected chi connectivity index (χ3v) is 2.37. The summed E-state index contributed by atoms with van der Waals surface area (Å²) in [5.41, 5.74) is 2.44. The second-order valence-corrected chi connectivity index (χ2v) is 3.77. The van der Waals surface area contributed by atoms with E-state index in [4.69, 9.17) is 11.6 Å². The lowest BCUT2D eigenvalue weighted by atomic mass is 10.1. The largest absolute Gasteiger partial charge is 0.122 e. The molecular weight excluding hydrogens is 235 g/mol. The Morgan fingerprint density at radius 1 is 1.42 bits per heavy atom. The van der Waals surface area contributed by atoms with Gasteiger partial charge in [0.15, 0.2) is 0 Å². The normalized spacial score (nSPS) is 11.8. The fourth-order valence-electron chi connectivity index (χ4n) is 0.946. The Bertz CT molecular complexity index is 274. The maximum atomic E-state index is 5.59. The number of hydrogen-bond acceptors (Lipinski definition) is 0. The summed E-state index contributed by atoms with van der Waals surface area (Å²) in [5, 5.41) is 0. The summed E-state index contributed by atoms with van der Waals surface area (Å²) < 4.78 is 1.10. The molecule has 0 aliphatic heterocycles. The quantitative estimate of drug-likeness (QED) is 0.689. The van der Waals surface area contributed by atoms with Crippen LogP contribution in [0.2, 0.25) is 0 Å². The van der Waals surface area contributed by atoms with E-state index in [0.29, 0.717) is 5.88 Å². The van der Waals surface area contributed by atoms with E-state index in [2.05, 4.69) is 35.0 Å². The molecule has 0 radical (unpaired) electrons. The Kier molecular flexibility index (Phi) is 3.83. The van der Waals surface area contributed by atoms with Crippen LogP contribution in [0, 0.1) is 0 Å². The van der Waals surface area contributed by atoms with Crippen molar-refractivity contribution >= 4 is 33.1 Å². The van der Waals surface area contributed by atoms with Crippen LogP contribution in [0.4, 0.5) is 0 Å². The first kappa shape index (κ1) is 9.82. The van der Waals surface area contributed by atoms with Crippen molar-refractivity contribution < 1.29 is 0 Å². The molecule has 0 bridgehead atoms. The van der Waals surface area contributed by atoms with Gasteiger partial charge in [0.05, 0.1) is 0 Å². The minimum Gasteiger partial charge on any atom is -0.122 e. The Balaban J connectivity index is 2.89. The highest BCUT2D eigenvalue weighted by atomic mass is 79.9. The molecule has 0 nitrogen and oxygen atoms in total. The molecule has 0 aliphatic rings. The molecule has 1 aromatic rings. The molecule has 0 spiro atoms. The van der Waals surface area contributed by atoms with Gasteiger partial charge in [0.1, 0.15) is 0 Å². The van der Waals surface area contributed by atoms with Crippen molar-refractivity contribution in [1.82, 2.24) is 0 Å². The molecule has 0 saturated carbocycles. The first-order chi connectivity index (χ1) is 5.74. The van der Waals surface area contributed by atoms with Crippen LogP contribution in [0.3, 0.4) is 0 Å². The predicted octanol–water partition coefficient (Wildman–Crippen LogP) is 4.09. The van der Waals surface area contributed by atoms with Gasteiger partial charge < -0.3 is 0 Å². The van der Waals surface area contributed by atoms with Gasteiger partial charge >= 0.3 is 0 Å². The average Bonchev–Trinajstić information content (AvgIpc) is 2.06. The minimum atomic E-state index is 0.571. The van der Waals surface area contributed by atoms with Gasteiger partial charge in [-0.15, -0.1) is 11.6 Å². The van der Waals surface area contributed by atoms with Crippen molar-refractivity contribution in [2.75, 3.05) is 5.88 Å². The lowest BCUT2D eigenvalue weighted by molar-refractivity contribution is 1.53. The van der Waals surface area contributed by atoms with E-state index in [0.717, 1.165) is 4.47 Å². The van der Waals surface area contributed by atoms with E-state index in [-0.39, 0.29) is 0 Å². The molecule has 1 aromatic carbocycles. The van der Waals surface area contributed by atoms with Crippen molar-refractivity contribution in [2.24, 2.45) is 0 Å². The van der Waals surface area contributed by atoms with Crippen molar-refractivity contribution in [2.45, 2.75) is 6.92 Å². The Morgan fingerprint density at radius 3 is 2.50 bits per heavy atom. The van der Waals surface area contributed by atoms with Crippen molar-refractivity contribution in [3.05, 3.63) is 40.4 Å². The molecule has 0 aliphatic carbocycles. The van der Waals surface area contributed by atoms with E-state index < -0.39 is 0 Å². The van der Waals surface area contributed by atoms with Gasteiger partial charge in [-0.3, -0.25) is 0 Å². The van der Waals surface area contributed by atoms with Crippen LogP contribution in [-0.4, -0.2) is 5.88 Å². The Hall–Kier alpha value is -0.270. The highest BCUT2D eigenvalue weighted by molar-refractivity contribution is 9.10. The van der Waals surface area contributed by atoms with Gasteiger partial charge in [-0.05, 0) is 30.2 Å². The first-order valence-electron chi connectivity index (χ1n) is 3.72. The summed E-state index contributed by atoms with van der Waals surface area (Å²) >= 11 is 8.98. The second-order valence-electron chi connectivity index (χ2n) is 2.55. The molecule has 0 atom stereocenters. The third-order valence-electron chi connectivity index (χ3n) is 1.68. The molecule has 0 amide bonds. The molecule has 2 heteroatoms. The van der Waals surface area contributed by atoms with Crippen molar-refractivity contribution in [1.29, 1.82) is 0 Å². The standard InChI is InChI=1S/C10H10BrCl/c1-8(6-7-12)9-2-4-10(11)5-3-9/h2-6H,7H2,1H3/b8-6+. The minimum absolute atomic E-state index is 0.571. The van der Waals surface area contributed by atoms with Crippen LogP contribution in [0.5, 0.6) is 0 Å². The van der Waals surface area contributed by atoms with Gasteiger partial charge in [0.2, 0.25) is 0 Å². The number of alkyl halides is 1. The number of allylic oxidation sites excluding steroid dienone is 2. The van der Waals surface area contributed by atoms with E-state index in [1.807, 2.05) is 18.2 Å². The molecule has 0 saturated heterocycles. The molecule has 1 rings (SSSR count). The van der Waals surface area contributed by atoms with Crippen LogP contribution in [0.1, 0.15) is 12.5 Å². The number of rotatable bonds is 2. The first-order valence-corrected chi connectivity index (χ1v) is 5.05. The van der Waals surface area contributed by atoms with Crippen molar-refractivity contribution in [3.8, 4) is 0 Å². The molecule has 0 fully saturated rings. The SMILES string of the molecule is C/C(=C\CCl)c1ccc(Br)cc1. The lowest BCUT2D eigenvalue weighted by Crippen LogP contribution is -1.78. The van der Waals surface area contributed by atoms with Crippen LogP contribution in [0.15, 0.2) is 34.8 Å². The van der Waals surface area contributed by atoms with E-state index >= 15 is 0 Å². The topological polar surface area (TPSA) is 0 Å².